The molecule has 2 aromatic heterocycles. The molecule has 2 heterocycles. The van der Waals surface area contributed by atoms with Crippen molar-refractivity contribution in [3.63, 3.8) is 0 Å². The number of hydrogen-bond acceptors (Lipinski definition) is 6. The minimum Gasteiger partial charge on any atom is -0.506 e. The van der Waals surface area contributed by atoms with Gasteiger partial charge in [-0.2, -0.15) is 8.78 Å². The molecule has 3 rings (SSSR count). The Bertz CT molecular complexity index is 1060. The third kappa shape index (κ3) is 3.67. The smallest absolute Gasteiger partial charge is 0.308 e. The number of benzene rings is 1. The zero-order chi connectivity index (χ0) is 19.9. The summed E-state index contributed by atoms with van der Waals surface area (Å²) in [5.74, 6) is -3.85. The SMILES string of the molecule is CC(=O)Oc1c(C)n(C(=O)c2ccc(SC(F)F)s2)c2ccc(O)c(Cl)c12. The Morgan fingerprint density at radius 3 is 2.63 bits per heavy atom. The number of alkyl halides is 2. The van der Waals surface area contributed by atoms with Crippen molar-refractivity contribution in [2.75, 3.05) is 0 Å². The number of rotatable bonds is 4. The van der Waals surface area contributed by atoms with Crippen LogP contribution in [0.2, 0.25) is 5.02 Å². The molecular weight excluding hydrogens is 420 g/mol. The fourth-order valence-corrected chi connectivity index (χ4v) is 4.56. The molecule has 0 saturated heterocycles. The van der Waals surface area contributed by atoms with Gasteiger partial charge < -0.3 is 9.84 Å². The molecule has 10 heteroatoms. The fourth-order valence-electron chi connectivity index (χ4n) is 2.65. The average molecular weight is 432 g/mol. The van der Waals surface area contributed by atoms with E-state index in [0.717, 1.165) is 11.3 Å². The van der Waals surface area contributed by atoms with Gasteiger partial charge in [0.15, 0.2) is 5.75 Å². The van der Waals surface area contributed by atoms with Crippen LogP contribution >= 0.6 is 34.7 Å². The lowest BCUT2D eigenvalue weighted by Gasteiger charge is -2.05. The second kappa shape index (κ2) is 7.49. The number of thioether (sulfide) groups is 1. The predicted octanol–water partition coefficient (Wildman–Crippen LogP) is 5.30. The van der Waals surface area contributed by atoms with Crippen LogP contribution in [-0.4, -0.2) is 27.3 Å². The number of hydrogen-bond donors (Lipinski definition) is 1. The van der Waals surface area contributed by atoms with E-state index in [1.807, 2.05) is 0 Å². The van der Waals surface area contributed by atoms with Crippen molar-refractivity contribution < 1.29 is 28.2 Å². The Morgan fingerprint density at radius 2 is 2.00 bits per heavy atom. The molecule has 0 amide bonds. The summed E-state index contributed by atoms with van der Waals surface area (Å²) in [6.45, 7) is 2.76. The third-order valence-electron chi connectivity index (χ3n) is 3.68. The van der Waals surface area contributed by atoms with Crippen molar-refractivity contribution in [2.45, 2.75) is 23.8 Å². The molecule has 0 aliphatic rings. The summed E-state index contributed by atoms with van der Waals surface area (Å²) in [5, 5.41) is 10.0. The van der Waals surface area contributed by atoms with Crippen molar-refractivity contribution >= 4 is 57.5 Å². The van der Waals surface area contributed by atoms with E-state index in [-0.39, 0.29) is 26.8 Å². The monoisotopic (exact) mass is 431 g/mol. The maximum atomic E-state index is 13.0. The third-order valence-corrected chi connectivity index (χ3v) is 6.01. The molecule has 0 saturated carbocycles. The number of phenols is 1. The minimum atomic E-state index is -2.59. The highest BCUT2D eigenvalue weighted by atomic mass is 35.5. The summed E-state index contributed by atoms with van der Waals surface area (Å²) in [6.07, 6.45) is 0. The molecule has 1 aromatic carbocycles. The Hall–Kier alpha value is -2.10. The molecule has 0 aliphatic heterocycles. The lowest BCUT2D eigenvalue weighted by molar-refractivity contribution is -0.131. The van der Waals surface area contributed by atoms with Gasteiger partial charge in [-0.25, -0.2) is 0 Å². The topological polar surface area (TPSA) is 68.5 Å². The number of phenolic OH excluding ortho intramolecular Hbond substituents is 1. The van der Waals surface area contributed by atoms with Crippen LogP contribution in [0.5, 0.6) is 11.5 Å². The van der Waals surface area contributed by atoms with E-state index >= 15 is 0 Å². The molecule has 0 bridgehead atoms. The van der Waals surface area contributed by atoms with Gasteiger partial charge in [0, 0.05) is 6.92 Å². The van der Waals surface area contributed by atoms with Crippen molar-refractivity contribution in [3.8, 4) is 11.5 Å². The van der Waals surface area contributed by atoms with E-state index in [4.69, 9.17) is 16.3 Å². The number of halogens is 3. The van der Waals surface area contributed by atoms with E-state index in [0.29, 0.717) is 27.2 Å². The molecule has 3 aromatic rings. The summed E-state index contributed by atoms with van der Waals surface area (Å²) >= 11 is 7.45. The number of carbonyl (C=O) groups excluding carboxylic acids is 2. The maximum Gasteiger partial charge on any atom is 0.308 e. The molecule has 27 heavy (non-hydrogen) atoms. The first-order valence-corrected chi connectivity index (χ1v) is 9.58. The number of aromatic nitrogens is 1. The fraction of sp³-hybridized carbons (Fsp3) is 0.176. The Labute approximate surface area is 165 Å². The quantitative estimate of drug-likeness (QED) is 0.448. The van der Waals surface area contributed by atoms with Gasteiger partial charge in [0.1, 0.15) is 5.75 Å². The Balaban J connectivity index is 2.18. The zero-order valence-corrected chi connectivity index (χ0v) is 16.3. The summed E-state index contributed by atoms with van der Waals surface area (Å²) in [5.41, 5.74) is 0.627. The van der Waals surface area contributed by atoms with Gasteiger partial charge in [-0.05, 0) is 43.0 Å². The van der Waals surface area contributed by atoms with Crippen LogP contribution < -0.4 is 4.74 Å². The molecular formula is C17H12ClF2NO4S2. The standard InChI is InChI=1S/C17H12ClF2NO4S2/c1-7-15(25-8(2)22)13-9(3-4-10(23)14(13)18)21(7)16(24)11-5-6-12(26-11)27-17(19)20/h3-6,17,23H,1-2H3. The number of esters is 1. The predicted molar refractivity (Wildman–Crippen MR) is 101 cm³/mol. The van der Waals surface area contributed by atoms with E-state index in [1.165, 1.54) is 35.8 Å². The molecule has 1 N–H and O–H groups in total. The average Bonchev–Trinajstić information content (AvgIpc) is 3.13. The molecule has 0 aliphatic carbocycles. The second-order valence-corrected chi connectivity index (χ2v) is 8.19. The summed E-state index contributed by atoms with van der Waals surface area (Å²) < 4.78 is 31.8. The van der Waals surface area contributed by atoms with Crippen molar-refractivity contribution in [3.05, 3.63) is 39.9 Å². The highest BCUT2D eigenvalue weighted by molar-refractivity contribution is 8.01. The van der Waals surface area contributed by atoms with Gasteiger partial charge in [-0.15, -0.1) is 11.3 Å². The van der Waals surface area contributed by atoms with E-state index in [1.54, 1.807) is 6.92 Å². The normalized spacial score (nSPS) is 11.3. The van der Waals surface area contributed by atoms with Crippen molar-refractivity contribution in [2.24, 2.45) is 0 Å². The Morgan fingerprint density at radius 1 is 1.30 bits per heavy atom. The van der Waals surface area contributed by atoms with Crippen LogP contribution in [0.25, 0.3) is 10.9 Å². The highest BCUT2D eigenvalue weighted by Gasteiger charge is 2.26. The molecule has 0 unspecified atom stereocenters. The van der Waals surface area contributed by atoms with Gasteiger partial charge >= 0.3 is 5.97 Å². The van der Waals surface area contributed by atoms with E-state index in [2.05, 4.69) is 0 Å². The maximum absolute atomic E-state index is 13.0. The number of nitrogens with zero attached hydrogens (tertiary/aromatic N) is 1. The van der Waals surface area contributed by atoms with Gasteiger partial charge in [0.05, 0.1) is 30.7 Å². The Kier molecular flexibility index (Phi) is 5.45. The first-order chi connectivity index (χ1) is 12.7. The summed E-state index contributed by atoms with van der Waals surface area (Å²) in [7, 11) is 0. The van der Waals surface area contributed by atoms with E-state index < -0.39 is 17.6 Å². The first-order valence-electron chi connectivity index (χ1n) is 7.51. The molecule has 0 fully saturated rings. The molecule has 0 atom stereocenters. The number of ether oxygens (including phenoxy) is 1. The van der Waals surface area contributed by atoms with Crippen LogP contribution in [0.4, 0.5) is 8.78 Å². The lowest BCUT2D eigenvalue weighted by atomic mass is 10.2. The van der Waals surface area contributed by atoms with Crippen LogP contribution in [0.15, 0.2) is 28.5 Å². The van der Waals surface area contributed by atoms with Gasteiger partial charge in [-0.1, -0.05) is 11.6 Å². The molecule has 5 nitrogen and oxygen atoms in total. The van der Waals surface area contributed by atoms with Crippen LogP contribution in [0.3, 0.4) is 0 Å². The minimum absolute atomic E-state index is 0.0569. The number of thiophene rings is 1. The largest absolute Gasteiger partial charge is 0.506 e. The second-order valence-electron chi connectivity index (χ2n) is 5.44. The van der Waals surface area contributed by atoms with Gasteiger partial charge in [0.2, 0.25) is 0 Å². The lowest BCUT2D eigenvalue weighted by Crippen LogP contribution is -2.12. The van der Waals surface area contributed by atoms with Crippen molar-refractivity contribution in [1.82, 2.24) is 4.57 Å². The molecule has 0 spiro atoms. The van der Waals surface area contributed by atoms with Gasteiger partial charge in [0.25, 0.3) is 11.7 Å². The number of aromatic hydroxyl groups is 1. The van der Waals surface area contributed by atoms with Crippen molar-refractivity contribution in [1.29, 1.82) is 0 Å². The summed E-state index contributed by atoms with van der Waals surface area (Å²) in [4.78, 5) is 24.7. The van der Waals surface area contributed by atoms with E-state index in [9.17, 15) is 23.5 Å². The zero-order valence-electron chi connectivity index (χ0n) is 14.0. The molecule has 142 valence electrons. The highest BCUT2D eigenvalue weighted by Crippen LogP contribution is 2.42. The first kappa shape index (κ1) is 19.7. The van der Waals surface area contributed by atoms with Crippen LogP contribution in [0.1, 0.15) is 22.3 Å². The van der Waals surface area contributed by atoms with Crippen LogP contribution in [0, 0.1) is 6.92 Å². The van der Waals surface area contributed by atoms with Gasteiger partial charge in [-0.3, -0.25) is 14.2 Å². The summed E-state index contributed by atoms with van der Waals surface area (Å²) in [6, 6.07) is 5.69. The van der Waals surface area contributed by atoms with Crippen LogP contribution in [-0.2, 0) is 4.79 Å². The number of fused-ring (bicyclic) bond motifs is 1. The number of carbonyl (C=O) groups is 2. The molecule has 0 radical (unpaired) electrons.